The van der Waals surface area contributed by atoms with E-state index in [4.69, 9.17) is 4.74 Å². The first-order chi connectivity index (χ1) is 9.85. The number of nitrogens with one attached hydrogen (secondary N) is 1. The molecule has 2 rings (SSSR count). The molecule has 2 atom stereocenters. The Morgan fingerprint density at radius 3 is 2.95 bits per heavy atom. The van der Waals surface area contributed by atoms with E-state index in [1.165, 1.54) is 32.1 Å². The number of fused-ring (bicyclic) bond motifs is 1. The van der Waals surface area contributed by atoms with Crippen molar-refractivity contribution in [3.05, 3.63) is 35.4 Å². The zero-order valence-corrected chi connectivity index (χ0v) is 13.0. The first-order valence-electron chi connectivity index (χ1n) is 8.24. The molecule has 0 fully saturated rings. The van der Waals surface area contributed by atoms with Crippen LogP contribution in [0.4, 0.5) is 0 Å². The van der Waals surface area contributed by atoms with Gasteiger partial charge in [0, 0.05) is 12.6 Å². The lowest BCUT2D eigenvalue weighted by molar-refractivity contribution is 0.117. The molecule has 20 heavy (non-hydrogen) atoms. The molecule has 2 unspecified atom stereocenters. The Kier molecular flexibility index (Phi) is 6.55. The molecule has 0 heterocycles. The van der Waals surface area contributed by atoms with Crippen LogP contribution in [-0.4, -0.2) is 25.8 Å². The Morgan fingerprint density at radius 1 is 1.30 bits per heavy atom. The van der Waals surface area contributed by atoms with E-state index in [1.807, 2.05) is 0 Å². The van der Waals surface area contributed by atoms with E-state index in [-0.39, 0.29) is 0 Å². The van der Waals surface area contributed by atoms with Gasteiger partial charge < -0.3 is 10.1 Å². The van der Waals surface area contributed by atoms with Gasteiger partial charge in [-0.1, -0.05) is 31.2 Å². The van der Waals surface area contributed by atoms with Crippen molar-refractivity contribution in [2.45, 2.75) is 57.9 Å². The molecule has 1 aliphatic rings. The normalized spacial score (nSPS) is 19.6. The van der Waals surface area contributed by atoms with Crippen molar-refractivity contribution in [1.29, 1.82) is 0 Å². The van der Waals surface area contributed by atoms with Gasteiger partial charge in [-0.3, -0.25) is 0 Å². The third kappa shape index (κ3) is 4.32. The third-order valence-electron chi connectivity index (χ3n) is 4.27. The largest absolute Gasteiger partial charge is 0.380 e. The van der Waals surface area contributed by atoms with E-state index in [0.29, 0.717) is 12.0 Å². The Bertz CT molecular complexity index is 383. The van der Waals surface area contributed by atoms with Gasteiger partial charge in [0.15, 0.2) is 0 Å². The minimum atomic E-state index is 0.492. The number of rotatable bonds is 8. The van der Waals surface area contributed by atoms with Gasteiger partial charge in [-0.05, 0) is 62.6 Å². The molecule has 1 aliphatic carbocycles. The van der Waals surface area contributed by atoms with Gasteiger partial charge in [0.25, 0.3) is 0 Å². The summed E-state index contributed by atoms with van der Waals surface area (Å²) in [4.78, 5) is 0. The predicted octanol–water partition coefficient (Wildman–Crippen LogP) is 3.90. The smallest absolute Gasteiger partial charge is 0.0619 e. The molecule has 0 radical (unpaired) electrons. The van der Waals surface area contributed by atoms with Crippen LogP contribution in [0.2, 0.25) is 0 Å². The zero-order chi connectivity index (χ0) is 14.2. The summed E-state index contributed by atoms with van der Waals surface area (Å²) < 4.78 is 5.66. The lowest BCUT2D eigenvalue weighted by atomic mass is 9.79. The fourth-order valence-electron chi connectivity index (χ4n) is 3.26. The summed E-state index contributed by atoms with van der Waals surface area (Å²) in [5.74, 6) is 0.703. The average Bonchev–Trinajstić information content (AvgIpc) is 2.50. The summed E-state index contributed by atoms with van der Waals surface area (Å²) >= 11 is 0. The molecule has 1 aromatic rings. The minimum Gasteiger partial charge on any atom is -0.380 e. The predicted molar refractivity (Wildman–Crippen MR) is 85.3 cm³/mol. The molecular weight excluding hydrogens is 246 g/mol. The SMILES string of the molecule is CCCNC(COCC)CC1CCCc2ccccc21. The molecule has 1 N–H and O–H groups in total. The lowest BCUT2D eigenvalue weighted by Crippen LogP contribution is -2.36. The van der Waals surface area contributed by atoms with Crippen LogP contribution in [-0.2, 0) is 11.2 Å². The van der Waals surface area contributed by atoms with Gasteiger partial charge in [0.2, 0.25) is 0 Å². The molecule has 0 amide bonds. The molecule has 112 valence electrons. The van der Waals surface area contributed by atoms with Crippen molar-refractivity contribution in [3.63, 3.8) is 0 Å². The Labute approximate surface area is 123 Å². The number of aryl methyl sites for hydroxylation is 1. The van der Waals surface area contributed by atoms with Crippen molar-refractivity contribution in [2.75, 3.05) is 19.8 Å². The van der Waals surface area contributed by atoms with E-state index < -0.39 is 0 Å². The Hall–Kier alpha value is -0.860. The van der Waals surface area contributed by atoms with Gasteiger partial charge in [-0.25, -0.2) is 0 Å². The van der Waals surface area contributed by atoms with E-state index in [9.17, 15) is 0 Å². The highest BCUT2D eigenvalue weighted by Crippen LogP contribution is 2.34. The van der Waals surface area contributed by atoms with Crippen LogP contribution in [0.3, 0.4) is 0 Å². The van der Waals surface area contributed by atoms with E-state index in [0.717, 1.165) is 19.8 Å². The van der Waals surface area contributed by atoms with Crippen LogP contribution in [0.5, 0.6) is 0 Å². The minimum absolute atomic E-state index is 0.492. The van der Waals surface area contributed by atoms with Gasteiger partial charge in [-0.2, -0.15) is 0 Å². The number of benzene rings is 1. The van der Waals surface area contributed by atoms with Gasteiger partial charge in [0.1, 0.15) is 0 Å². The Morgan fingerprint density at radius 2 is 2.15 bits per heavy atom. The van der Waals surface area contributed by atoms with Crippen molar-refractivity contribution < 1.29 is 4.74 Å². The third-order valence-corrected chi connectivity index (χ3v) is 4.27. The van der Waals surface area contributed by atoms with Crippen molar-refractivity contribution in [1.82, 2.24) is 5.32 Å². The summed E-state index contributed by atoms with van der Waals surface area (Å²) in [5.41, 5.74) is 3.15. The maximum absolute atomic E-state index is 5.66. The highest BCUT2D eigenvalue weighted by molar-refractivity contribution is 5.32. The van der Waals surface area contributed by atoms with Crippen molar-refractivity contribution in [3.8, 4) is 0 Å². The molecule has 2 heteroatoms. The molecule has 0 aromatic heterocycles. The highest BCUT2D eigenvalue weighted by Gasteiger charge is 2.23. The number of hydrogen-bond donors (Lipinski definition) is 1. The van der Waals surface area contributed by atoms with Crippen LogP contribution < -0.4 is 5.32 Å². The van der Waals surface area contributed by atoms with Gasteiger partial charge >= 0.3 is 0 Å². The number of hydrogen-bond acceptors (Lipinski definition) is 2. The molecule has 0 spiro atoms. The summed E-state index contributed by atoms with van der Waals surface area (Å²) in [6.45, 7) is 7.04. The summed E-state index contributed by atoms with van der Waals surface area (Å²) in [6, 6.07) is 9.49. The highest BCUT2D eigenvalue weighted by atomic mass is 16.5. The maximum Gasteiger partial charge on any atom is 0.0619 e. The summed E-state index contributed by atoms with van der Waals surface area (Å²) in [5, 5.41) is 3.66. The van der Waals surface area contributed by atoms with E-state index in [1.54, 1.807) is 11.1 Å². The second-order valence-corrected chi connectivity index (χ2v) is 5.83. The summed E-state index contributed by atoms with van der Waals surface area (Å²) in [6.07, 6.45) is 6.30. The van der Waals surface area contributed by atoms with Crippen molar-refractivity contribution >= 4 is 0 Å². The van der Waals surface area contributed by atoms with Crippen LogP contribution in [0.1, 0.15) is 56.6 Å². The molecule has 0 saturated heterocycles. The first kappa shape index (κ1) is 15.5. The topological polar surface area (TPSA) is 21.3 Å². The van der Waals surface area contributed by atoms with Gasteiger partial charge in [-0.15, -0.1) is 0 Å². The van der Waals surface area contributed by atoms with Crippen LogP contribution >= 0.6 is 0 Å². The first-order valence-corrected chi connectivity index (χ1v) is 8.24. The second-order valence-electron chi connectivity index (χ2n) is 5.83. The molecule has 0 bridgehead atoms. The van der Waals surface area contributed by atoms with Crippen LogP contribution in [0.25, 0.3) is 0 Å². The second kappa shape index (κ2) is 8.43. The monoisotopic (exact) mass is 275 g/mol. The van der Waals surface area contributed by atoms with Crippen molar-refractivity contribution in [2.24, 2.45) is 0 Å². The quantitative estimate of drug-likeness (QED) is 0.777. The average molecular weight is 275 g/mol. The fraction of sp³-hybridized carbons (Fsp3) is 0.667. The molecule has 0 saturated carbocycles. The molecule has 2 nitrogen and oxygen atoms in total. The zero-order valence-electron chi connectivity index (χ0n) is 13.0. The maximum atomic E-state index is 5.66. The van der Waals surface area contributed by atoms with Crippen LogP contribution in [0, 0.1) is 0 Å². The molecule has 0 aliphatic heterocycles. The summed E-state index contributed by atoms with van der Waals surface area (Å²) in [7, 11) is 0. The Balaban J connectivity index is 1.99. The van der Waals surface area contributed by atoms with E-state index >= 15 is 0 Å². The lowest BCUT2D eigenvalue weighted by Gasteiger charge is -2.29. The van der Waals surface area contributed by atoms with E-state index in [2.05, 4.69) is 43.4 Å². The number of ether oxygens (including phenoxy) is 1. The van der Waals surface area contributed by atoms with Gasteiger partial charge in [0.05, 0.1) is 6.61 Å². The molecule has 1 aromatic carbocycles. The van der Waals surface area contributed by atoms with Crippen LogP contribution in [0.15, 0.2) is 24.3 Å². The fourth-order valence-corrected chi connectivity index (χ4v) is 3.26. The standard InChI is InChI=1S/C18H29NO/c1-3-12-19-17(14-20-4-2)13-16-10-7-9-15-8-5-6-11-18(15)16/h5-6,8,11,16-17,19H,3-4,7,9-10,12-14H2,1-2H3. The molecular formula is C18H29NO.